The van der Waals surface area contributed by atoms with Crippen molar-refractivity contribution in [3.8, 4) is 0 Å². The first kappa shape index (κ1) is 16.5. The summed E-state index contributed by atoms with van der Waals surface area (Å²) in [6, 6.07) is 4.69. The van der Waals surface area contributed by atoms with Gasteiger partial charge in [-0.3, -0.25) is 0 Å². The molecule has 0 saturated carbocycles. The van der Waals surface area contributed by atoms with Gasteiger partial charge in [0.2, 0.25) is 0 Å². The van der Waals surface area contributed by atoms with Crippen LogP contribution < -0.4 is 5.32 Å². The zero-order valence-corrected chi connectivity index (χ0v) is 13.1. The van der Waals surface area contributed by atoms with Crippen LogP contribution in [0.25, 0.3) is 0 Å². The van der Waals surface area contributed by atoms with Gasteiger partial charge in [0.25, 0.3) is 0 Å². The number of rotatable bonds is 7. The summed E-state index contributed by atoms with van der Waals surface area (Å²) in [5.74, 6) is 0.252. The quantitative estimate of drug-likeness (QED) is 0.717. The summed E-state index contributed by atoms with van der Waals surface area (Å²) in [6.07, 6.45) is 1.99. The van der Waals surface area contributed by atoms with Crippen LogP contribution in [0.3, 0.4) is 0 Å². The normalized spacial score (nSPS) is 14.7. The van der Waals surface area contributed by atoms with Crippen molar-refractivity contribution in [2.45, 2.75) is 40.5 Å². The second kappa shape index (κ2) is 7.25. The Hall–Kier alpha value is -0.600. The Bertz CT molecular complexity index is 406. The van der Waals surface area contributed by atoms with Gasteiger partial charge in [0, 0.05) is 11.6 Å². The van der Waals surface area contributed by atoms with E-state index >= 15 is 0 Å². The fourth-order valence-corrected chi connectivity index (χ4v) is 2.36. The fourth-order valence-electron chi connectivity index (χ4n) is 2.12. The number of hydrogen-bond acceptors (Lipinski definition) is 1. The molecule has 0 aliphatic carbocycles. The van der Waals surface area contributed by atoms with Crippen molar-refractivity contribution in [2.75, 3.05) is 13.1 Å². The molecule has 0 saturated heterocycles. The molecule has 1 aromatic rings. The van der Waals surface area contributed by atoms with Crippen molar-refractivity contribution < 1.29 is 4.39 Å². The van der Waals surface area contributed by atoms with E-state index in [1.807, 2.05) is 0 Å². The Morgan fingerprint density at radius 3 is 2.58 bits per heavy atom. The van der Waals surface area contributed by atoms with E-state index in [2.05, 4.69) is 33.0 Å². The van der Waals surface area contributed by atoms with Gasteiger partial charge in [-0.1, -0.05) is 45.4 Å². The molecule has 0 spiro atoms. The summed E-state index contributed by atoms with van der Waals surface area (Å²) in [6.45, 7) is 10.9. The highest BCUT2D eigenvalue weighted by molar-refractivity contribution is 6.31. The summed E-state index contributed by atoms with van der Waals surface area (Å²) < 4.78 is 13.1. The molecular formula is C16H25ClFN. The lowest BCUT2D eigenvalue weighted by molar-refractivity contribution is 0.207. The van der Waals surface area contributed by atoms with Gasteiger partial charge in [-0.05, 0) is 48.4 Å². The minimum Gasteiger partial charge on any atom is -0.316 e. The molecule has 0 bridgehead atoms. The Morgan fingerprint density at radius 2 is 2.05 bits per heavy atom. The van der Waals surface area contributed by atoms with E-state index < -0.39 is 0 Å². The van der Waals surface area contributed by atoms with E-state index in [0.717, 1.165) is 31.5 Å². The summed E-state index contributed by atoms with van der Waals surface area (Å²) in [7, 11) is 0. The summed E-state index contributed by atoms with van der Waals surface area (Å²) in [4.78, 5) is 0. The van der Waals surface area contributed by atoms with Crippen molar-refractivity contribution >= 4 is 11.6 Å². The van der Waals surface area contributed by atoms with E-state index in [1.165, 1.54) is 12.1 Å². The van der Waals surface area contributed by atoms with Crippen molar-refractivity contribution in [3.05, 3.63) is 34.6 Å². The molecule has 1 rings (SSSR count). The molecule has 0 fully saturated rings. The van der Waals surface area contributed by atoms with E-state index in [1.54, 1.807) is 6.07 Å². The van der Waals surface area contributed by atoms with E-state index in [9.17, 15) is 4.39 Å². The van der Waals surface area contributed by atoms with Crippen LogP contribution in [-0.4, -0.2) is 13.1 Å². The van der Waals surface area contributed by atoms with Crippen LogP contribution in [0.15, 0.2) is 18.2 Å². The Kier molecular flexibility index (Phi) is 6.28. The molecule has 0 radical (unpaired) electrons. The standard InChI is InChI=1S/C16H25ClFN/c1-5-8-19-11-16(4,12(2)3)10-13-6-7-14(18)9-15(13)17/h6-7,9,12,19H,5,8,10-11H2,1-4H3. The second-order valence-electron chi connectivity index (χ2n) is 5.90. The molecule has 1 unspecified atom stereocenters. The van der Waals surface area contributed by atoms with Gasteiger partial charge in [0.15, 0.2) is 0 Å². The lowest BCUT2D eigenvalue weighted by Gasteiger charge is -2.34. The number of nitrogens with one attached hydrogen (secondary N) is 1. The average molecular weight is 286 g/mol. The molecule has 0 aliphatic rings. The van der Waals surface area contributed by atoms with E-state index in [0.29, 0.717) is 10.9 Å². The molecule has 1 aromatic carbocycles. The highest BCUT2D eigenvalue weighted by atomic mass is 35.5. The molecule has 0 amide bonds. The van der Waals surface area contributed by atoms with Gasteiger partial charge in [-0.15, -0.1) is 0 Å². The van der Waals surface area contributed by atoms with E-state index in [-0.39, 0.29) is 11.2 Å². The molecular weight excluding hydrogens is 261 g/mol. The Labute approximate surface area is 121 Å². The third-order valence-electron chi connectivity index (χ3n) is 3.96. The van der Waals surface area contributed by atoms with Crippen molar-refractivity contribution in [1.29, 1.82) is 0 Å². The first-order chi connectivity index (χ1) is 8.89. The molecule has 1 N–H and O–H groups in total. The lowest BCUT2D eigenvalue weighted by atomic mass is 9.74. The lowest BCUT2D eigenvalue weighted by Crippen LogP contribution is -2.38. The van der Waals surface area contributed by atoms with Gasteiger partial charge in [-0.25, -0.2) is 4.39 Å². The SMILES string of the molecule is CCCNCC(C)(Cc1ccc(F)cc1Cl)C(C)C. The van der Waals surface area contributed by atoms with Gasteiger partial charge in [0.05, 0.1) is 0 Å². The van der Waals surface area contributed by atoms with Gasteiger partial charge in [0.1, 0.15) is 5.82 Å². The van der Waals surface area contributed by atoms with Gasteiger partial charge in [-0.2, -0.15) is 0 Å². The first-order valence-corrected chi connectivity index (χ1v) is 7.41. The first-order valence-electron chi connectivity index (χ1n) is 7.03. The molecule has 0 aliphatic heterocycles. The predicted molar refractivity (Wildman–Crippen MR) is 81.2 cm³/mol. The molecule has 0 aromatic heterocycles. The van der Waals surface area contributed by atoms with Crippen LogP contribution >= 0.6 is 11.6 Å². The van der Waals surface area contributed by atoms with Crippen LogP contribution in [0.2, 0.25) is 5.02 Å². The third kappa shape index (κ3) is 4.77. The highest BCUT2D eigenvalue weighted by Gasteiger charge is 2.29. The highest BCUT2D eigenvalue weighted by Crippen LogP contribution is 2.33. The summed E-state index contributed by atoms with van der Waals surface area (Å²) >= 11 is 6.14. The monoisotopic (exact) mass is 285 g/mol. The second-order valence-corrected chi connectivity index (χ2v) is 6.31. The van der Waals surface area contributed by atoms with Crippen LogP contribution in [0.4, 0.5) is 4.39 Å². The molecule has 1 atom stereocenters. The van der Waals surface area contributed by atoms with Crippen molar-refractivity contribution in [2.24, 2.45) is 11.3 Å². The smallest absolute Gasteiger partial charge is 0.124 e. The van der Waals surface area contributed by atoms with Gasteiger partial charge < -0.3 is 5.32 Å². The third-order valence-corrected chi connectivity index (χ3v) is 4.31. The summed E-state index contributed by atoms with van der Waals surface area (Å²) in [5, 5.41) is 4.02. The maximum Gasteiger partial charge on any atom is 0.124 e. The number of benzene rings is 1. The largest absolute Gasteiger partial charge is 0.316 e. The Balaban J connectivity index is 2.82. The molecule has 3 heteroatoms. The molecule has 108 valence electrons. The number of halogens is 2. The zero-order valence-electron chi connectivity index (χ0n) is 12.4. The molecule has 19 heavy (non-hydrogen) atoms. The van der Waals surface area contributed by atoms with Crippen molar-refractivity contribution in [1.82, 2.24) is 5.32 Å². The average Bonchev–Trinajstić information content (AvgIpc) is 2.33. The van der Waals surface area contributed by atoms with E-state index in [4.69, 9.17) is 11.6 Å². The number of hydrogen-bond donors (Lipinski definition) is 1. The van der Waals surface area contributed by atoms with Crippen LogP contribution in [0.1, 0.15) is 39.7 Å². The van der Waals surface area contributed by atoms with Crippen LogP contribution in [0, 0.1) is 17.2 Å². The van der Waals surface area contributed by atoms with Crippen LogP contribution in [-0.2, 0) is 6.42 Å². The molecule has 0 heterocycles. The fraction of sp³-hybridized carbons (Fsp3) is 0.625. The van der Waals surface area contributed by atoms with Crippen molar-refractivity contribution in [3.63, 3.8) is 0 Å². The predicted octanol–water partition coefficient (Wildman–Crippen LogP) is 4.68. The topological polar surface area (TPSA) is 12.0 Å². The zero-order chi connectivity index (χ0) is 14.5. The minimum absolute atomic E-state index is 0.122. The molecule has 1 nitrogen and oxygen atoms in total. The maximum absolute atomic E-state index is 13.1. The Morgan fingerprint density at radius 1 is 1.37 bits per heavy atom. The maximum atomic E-state index is 13.1. The van der Waals surface area contributed by atoms with Gasteiger partial charge >= 0.3 is 0 Å². The summed E-state index contributed by atoms with van der Waals surface area (Å²) in [5.41, 5.74) is 1.15. The minimum atomic E-state index is -0.274. The van der Waals surface area contributed by atoms with Crippen LogP contribution in [0.5, 0.6) is 0 Å².